The molecule has 1 fully saturated rings. The molecule has 1 amide bonds. The van der Waals surface area contributed by atoms with Crippen molar-refractivity contribution in [2.45, 2.75) is 31.6 Å². The van der Waals surface area contributed by atoms with Gasteiger partial charge in [-0.1, -0.05) is 0 Å². The second-order valence-electron chi connectivity index (χ2n) is 3.67. The molecule has 0 aromatic carbocycles. The highest BCUT2D eigenvalue weighted by molar-refractivity contribution is 8.02. The summed E-state index contributed by atoms with van der Waals surface area (Å²) < 4.78 is 5.21. The topological polar surface area (TPSA) is 38.3 Å². The van der Waals surface area contributed by atoms with E-state index in [-0.39, 0.29) is 17.3 Å². The van der Waals surface area contributed by atoms with Gasteiger partial charge in [0.15, 0.2) is 0 Å². The van der Waals surface area contributed by atoms with Crippen LogP contribution in [0.15, 0.2) is 0 Å². The maximum Gasteiger partial charge on any atom is 0.246 e. The molecule has 1 rings (SSSR count). The first-order valence-corrected chi connectivity index (χ1v) is 5.56. The van der Waals surface area contributed by atoms with Crippen molar-refractivity contribution < 1.29 is 9.53 Å². The van der Waals surface area contributed by atoms with Crippen LogP contribution in [0.1, 0.15) is 20.8 Å². The van der Waals surface area contributed by atoms with E-state index in [9.17, 15) is 4.79 Å². The van der Waals surface area contributed by atoms with E-state index in [1.165, 1.54) is 0 Å². The monoisotopic (exact) mass is 203 g/mol. The van der Waals surface area contributed by atoms with Crippen LogP contribution < -0.4 is 5.32 Å². The lowest BCUT2D eigenvalue weighted by Crippen LogP contribution is -2.57. The number of amides is 1. The summed E-state index contributed by atoms with van der Waals surface area (Å²) in [4.78, 5) is 11.2. The first kappa shape index (κ1) is 10.9. The first-order chi connectivity index (χ1) is 6.06. The lowest BCUT2D eigenvalue weighted by molar-refractivity contribution is -0.126. The number of carbonyl (C=O) groups excluding carboxylic acids is 1. The van der Waals surface area contributed by atoms with Gasteiger partial charge in [0.2, 0.25) is 5.91 Å². The highest BCUT2D eigenvalue weighted by atomic mass is 32.2. The summed E-state index contributed by atoms with van der Waals surface area (Å²) in [5.74, 6) is 1.02. The van der Waals surface area contributed by atoms with Gasteiger partial charge in [-0.15, -0.1) is 0 Å². The predicted octanol–water partition coefficient (Wildman–Crippen LogP) is 1.03. The summed E-state index contributed by atoms with van der Waals surface area (Å²) in [6, 6.07) is 0.311. The molecular formula is C9H17NO2S. The number of ether oxygens (including phenoxy) is 1. The van der Waals surface area contributed by atoms with Gasteiger partial charge in [-0.25, -0.2) is 0 Å². The Bertz CT molecular complexity index is 194. The van der Waals surface area contributed by atoms with Crippen molar-refractivity contribution in [3.8, 4) is 0 Å². The molecule has 4 heteroatoms. The molecule has 0 bridgehead atoms. The number of rotatable bonds is 4. The summed E-state index contributed by atoms with van der Waals surface area (Å²) >= 11 is 1.88. The predicted molar refractivity (Wildman–Crippen MR) is 55.0 cm³/mol. The van der Waals surface area contributed by atoms with E-state index < -0.39 is 0 Å². The van der Waals surface area contributed by atoms with Gasteiger partial charge < -0.3 is 10.1 Å². The second-order valence-corrected chi connectivity index (χ2v) is 5.35. The number of carbonyl (C=O) groups is 1. The number of nitrogens with one attached hydrogen (secondary N) is 1. The fourth-order valence-corrected chi connectivity index (χ4v) is 2.29. The minimum atomic E-state index is 0.000208. The third-order valence-corrected chi connectivity index (χ3v) is 3.76. The highest BCUT2D eigenvalue weighted by Gasteiger charge is 2.40. The molecule has 13 heavy (non-hydrogen) atoms. The number of hydrogen-bond donors (Lipinski definition) is 1. The Morgan fingerprint density at radius 3 is 2.77 bits per heavy atom. The molecule has 1 aliphatic heterocycles. The normalized spacial score (nSPS) is 25.0. The quantitative estimate of drug-likeness (QED) is 0.741. The Labute approximate surface area is 83.6 Å². The molecule has 1 N–H and O–H groups in total. The van der Waals surface area contributed by atoms with Gasteiger partial charge >= 0.3 is 0 Å². The molecule has 3 nitrogen and oxygen atoms in total. The van der Waals surface area contributed by atoms with Gasteiger partial charge in [0, 0.05) is 17.1 Å². The van der Waals surface area contributed by atoms with Crippen molar-refractivity contribution in [2.24, 2.45) is 0 Å². The molecule has 0 spiro atoms. The minimum absolute atomic E-state index is 0.000208. The largest absolute Gasteiger partial charge is 0.372 e. The molecule has 0 aromatic rings. The fraction of sp³-hybridized carbons (Fsp3) is 0.889. The third kappa shape index (κ3) is 2.88. The van der Waals surface area contributed by atoms with Gasteiger partial charge in [-0.3, -0.25) is 4.79 Å². The van der Waals surface area contributed by atoms with E-state index in [2.05, 4.69) is 19.2 Å². The van der Waals surface area contributed by atoms with E-state index in [1.54, 1.807) is 0 Å². The molecular weight excluding hydrogens is 186 g/mol. The van der Waals surface area contributed by atoms with Gasteiger partial charge in [0.25, 0.3) is 0 Å². The van der Waals surface area contributed by atoms with Crippen molar-refractivity contribution in [2.75, 3.05) is 19.0 Å². The van der Waals surface area contributed by atoms with Crippen LogP contribution in [0, 0.1) is 0 Å². The second kappa shape index (κ2) is 4.33. The van der Waals surface area contributed by atoms with Crippen LogP contribution in [0.3, 0.4) is 0 Å². The van der Waals surface area contributed by atoms with Crippen LogP contribution in [-0.2, 0) is 9.53 Å². The van der Waals surface area contributed by atoms with Crippen LogP contribution in [0.4, 0.5) is 0 Å². The summed E-state index contributed by atoms with van der Waals surface area (Å²) in [7, 11) is 0. The van der Waals surface area contributed by atoms with E-state index in [0.29, 0.717) is 12.6 Å². The number of hydrogen-bond acceptors (Lipinski definition) is 3. The van der Waals surface area contributed by atoms with Crippen molar-refractivity contribution in [3.05, 3.63) is 0 Å². The average molecular weight is 203 g/mol. The van der Waals surface area contributed by atoms with Gasteiger partial charge in [0.05, 0.1) is 6.04 Å². The van der Waals surface area contributed by atoms with E-state index in [0.717, 1.165) is 5.75 Å². The molecule has 1 aliphatic rings. The Balaban J connectivity index is 2.21. The zero-order chi connectivity index (χ0) is 9.90. The molecule has 1 atom stereocenters. The van der Waals surface area contributed by atoms with Crippen LogP contribution in [0.25, 0.3) is 0 Å². The highest BCUT2D eigenvalue weighted by Crippen LogP contribution is 2.39. The Hall–Kier alpha value is -0.220. The van der Waals surface area contributed by atoms with Crippen LogP contribution in [-0.4, -0.2) is 35.7 Å². The molecule has 0 saturated carbocycles. The van der Waals surface area contributed by atoms with Gasteiger partial charge in [-0.05, 0) is 20.8 Å². The van der Waals surface area contributed by atoms with Crippen LogP contribution >= 0.6 is 11.8 Å². The summed E-state index contributed by atoms with van der Waals surface area (Å²) in [5.41, 5.74) is 0. The van der Waals surface area contributed by atoms with E-state index >= 15 is 0 Å². The zero-order valence-corrected chi connectivity index (χ0v) is 9.24. The molecule has 0 aliphatic carbocycles. The van der Waals surface area contributed by atoms with Gasteiger partial charge in [-0.2, -0.15) is 11.8 Å². The molecule has 76 valence electrons. The SMILES string of the molecule is CCOCC(=O)NC1CSC1(C)C. The average Bonchev–Trinajstić information content (AvgIpc) is 2.09. The first-order valence-electron chi connectivity index (χ1n) is 4.57. The smallest absolute Gasteiger partial charge is 0.246 e. The van der Waals surface area contributed by atoms with Crippen molar-refractivity contribution in [3.63, 3.8) is 0 Å². The van der Waals surface area contributed by atoms with E-state index in [4.69, 9.17) is 4.74 Å². The molecule has 0 aromatic heterocycles. The molecule has 1 heterocycles. The summed E-state index contributed by atoms with van der Waals surface area (Å²) in [5, 5.41) is 2.96. The van der Waals surface area contributed by atoms with Crippen LogP contribution in [0.2, 0.25) is 0 Å². The van der Waals surface area contributed by atoms with Crippen molar-refractivity contribution in [1.82, 2.24) is 5.32 Å². The minimum Gasteiger partial charge on any atom is -0.372 e. The Morgan fingerprint density at radius 2 is 2.38 bits per heavy atom. The van der Waals surface area contributed by atoms with Crippen LogP contribution in [0.5, 0.6) is 0 Å². The van der Waals surface area contributed by atoms with E-state index in [1.807, 2.05) is 18.7 Å². The standard InChI is InChI=1S/C9H17NO2S/c1-4-12-5-8(11)10-7-6-13-9(7,2)3/h7H,4-6H2,1-3H3,(H,10,11). The molecule has 0 radical (unpaired) electrons. The fourth-order valence-electron chi connectivity index (χ4n) is 1.15. The Morgan fingerprint density at radius 1 is 1.69 bits per heavy atom. The molecule has 1 unspecified atom stereocenters. The van der Waals surface area contributed by atoms with Crippen molar-refractivity contribution >= 4 is 17.7 Å². The van der Waals surface area contributed by atoms with Gasteiger partial charge in [0.1, 0.15) is 6.61 Å². The Kier molecular flexibility index (Phi) is 3.62. The summed E-state index contributed by atoms with van der Waals surface area (Å²) in [6.07, 6.45) is 0. The maximum atomic E-state index is 11.2. The zero-order valence-electron chi connectivity index (χ0n) is 8.42. The summed E-state index contributed by atoms with van der Waals surface area (Å²) in [6.45, 7) is 6.96. The lowest BCUT2D eigenvalue weighted by Gasteiger charge is -2.43. The third-order valence-electron chi connectivity index (χ3n) is 2.23. The maximum absolute atomic E-state index is 11.2. The molecule has 1 saturated heterocycles. The number of thioether (sulfide) groups is 1. The van der Waals surface area contributed by atoms with Crippen molar-refractivity contribution in [1.29, 1.82) is 0 Å². The lowest BCUT2D eigenvalue weighted by atomic mass is 10.0.